The lowest BCUT2D eigenvalue weighted by atomic mass is 9.80. The quantitative estimate of drug-likeness (QED) is 0.169. The van der Waals surface area contributed by atoms with Gasteiger partial charge in [-0.3, -0.25) is 14.4 Å². The first-order valence-corrected chi connectivity index (χ1v) is 13.5. The van der Waals surface area contributed by atoms with Crippen LogP contribution in [0.5, 0.6) is 0 Å². The van der Waals surface area contributed by atoms with Gasteiger partial charge < -0.3 is 42.8 Å². The SMILES string of the molecule is NC1CC(N)CN(C(=O)CCC(N)C(=O)NC(CCc2ccc(C(F)(F)F)cc2)C(=O)Nc2cccc(B(O)O)c2)C1. The van der Waals surface area contributed by atoms with Crippen LogP contribution < -0.4 is 33.3 Å². The van der Waals surface area contributed by atoms with Crippen LogP contribution >= 0.6 is 0 Å². The lowest BCUT2D eigenvalue weighted by Crippen LogP contribution is -2.54. The van der Waals surface area contributed by atoms with Crippen molar-refractivity contribution in [3.05, 3.63) is 59.7 Å². The summed E-state index contributed by atoms with van der Waals surface area (Å²) in [5.41, 5.74) is 18.0. The topological polar surface area (TPSA) is 197 Å². The summed E-state index contributed by atoms with van der Waals surface area (Å²) in [5.74, 6) is -1.59. The van der Waals surface area contributed by atoms with Crippen LogP contribution in [0.1, 0.15) is 36.8 Å². The molecule has 2 aromatic carbocycles. The van der Waals surface area contributed by atoms with Gasteiger partial charge >= 0.3 is 13.3 Å². The molecule has 1 aliphatic rings. The van der Waals surface area contributed by atoms with Crippen LogP contribution in [0.4, 0.5) is 18.9 Å². The van der Waals surface area contributed by atoms with Gasteiger partial charge in [0, 0.05) is 37.3 Å². The van der Waals surface area contributed by atoms with Crippen LogP contribution in [-0.2, 0) is 27.0 Å². The molecule has 3 rings (SSSR count). The molecule has 1 aliphatic heterocycles. The number of nitrogens with one attached hydrogen (secondary N) is 2. The molecule has 0 saturated carbocycles. The highest BCUT2D eigenvalue weighted by molar-refractivity contribution is 6.58. The second-order valence-corrected chi connectivity index (χ2v) is 10.5. The number of carbonyl (C=O) groups is 3. The Hall–Kier alpha value is -3.50. The number of alkyl halides is 3. The smallest absolute Gasteiger partial charge is 0.423 e. The molecule has 0 aromatic heterocycles. The van der Waals surface area contributed by atoms with Gasteiger partial charge in [-0.25, -0.2) is 0 Å². The Morgan fingerprint density at radius 3 is 2.24 bits per heavy atom. The number of halogens is 3. The zero-order valence-electron chi connectivity index (χ0n) is 22.9. The maximum absolute atomic E-state index is 13.2. The van der Waals surface area contributed by atoms with Gasteiger partial charge in [-0.15, -0.1) is 0 Å². The molecule has 0 radical (unpaired) electrons. The number of amides is 3. The molecule has 3 amide bonds. The van der Waals surface area contributed by atoms with Crippen molar-refractivity contribution in [1.82, 2.24) is 10.2 Å². The van der Waals surface area contributed by atoms with E-state index in [0.29, 0.717) is 25.1 Å². The molecule has 4 unspecified atom stereocenters. The minimum Gasteiger partial charge on any atom is -0.423 e. The number of nitrogens with two attached hydrogens (primary N) is 3. The molecule has 42 heavy (non-hydrogen) atoms. The van der Waals surface area contributed by atoms with Crippen LogP contribution in [-0.4, -0.2) is 77.0 Å². The second kappa shape index (κ2) is 14.6. The number of hydrogen-bond acceptors (Lipinski definition) is 8. The molecule has 0 aliphatic carbocycles. The van der Waals surface area contributed by atoms with Crippen molar-refractivity contribution in [1.29, 1.82) is 0 Å². The van der Waals surface area contributed by atoms with E-state index >= 15 is 0 Å². The highest BCUT2D eigenvalue weighted by atomic mass is 19.4. The van der Waals surface area contributed by atoms with Crippen LogP contribution in [0.25, 0.3) is 0 Å². The number of likely N-dealkylation sites (tertiary alicyclic amines) is 1. The van der Waals surface area contributed by atoms with E-state index in [4.69, 9.17) is 17.2 Å². The number of benzene rings is 2. The summed E-state index contributed by atoms with van der Waals surface area (Å²) >= 11 is 0. The Balaban J connectivity index is 1.66. The summed E-state index contributed by atoms with van der Waals surface area (Å²) < 4.78 is 38.8. The van der Waals surface area contributed by atoms with E-state index in [0.717, 1.165) is 12.1 Å². The third-order valence-electron chi connectivity index (χ3n) is 6.96. The Labute approximate surface area is 241 Å². The number of piperidine rings is 1. The van der Waals surface area contributed by atoms with Gasteiger partial charge in [-0.1, -0.05) is 24.3 Å². The van der Waals surface area contributed by atoms with Gasteiger partial charge in [0.15, 0.2) is 0 Å². The predicted molar refractivity (Wildman–Crippen MR) is 151 cm³/mol. The first-order chi connectivity index (χ1) is 19.7. The highest BCUT2D eigenvalue weighted by Gasteiger charge is 2.31. The molecule has 0 spiro atoms. The summed E-state index contributed by atoms with van der Waals surface area (Å²) in [6.45, 7) is 0.712. The molecule has 11 nitrogen and oxygen atoms in total. The minimum atomic E-state index is -4.49. The molecular formula is C27H36BF3N6O5. The van der Waals surface area contributed by atoms with Crippen molar-refractivity contribution in [2.45, 2.75) is 62.4 Å². The molecule has 228 valence electrons. The fourth-order valence-electron chi connectivity index (χ4n) is 4.68. The second-order valence-electron chi connectivity index (χ2n) is 10.5. The fourth-order valence-corrected chi connectivity index (χ4v) is 4.68. The molecule has 15 heteroatoms. The number of hydrogen-bond donors (Lipinski definition) is 7. The molecular weight excluding hydrogens is 556 g/mol. The molecule has 1 fully saturated rings. The summed E-state index contributed by atoms with van der Waals surface area (Å²) in [6, 6.07) is 7.49. The van der Waals surface area contributed by atoms with Crippen molar-refractivity contribution in [3.8, 4) is 0 Å². The Morgan fingerprint density at radius 1 is 1.00 bits per heavy atom. The van der Waals surface area contributed by atoms with Crippen molar-refractivity contribution >= 4 is 36.0 Å². The van der Waals surface area contributed by atoms with E-state index in [2.05, 4.69) is 10.6 Å². The molecule has 1 heterocycles. The maximum atomic E-state index is 13.2. The monoisotopic (exact) mass is 592 g/mol. The van der Waals surface area contributed by atoms with E-state index in [9.17, 15) is 37.6 Å². The van der Waals surface area contributed by atoms with Crippen LogP contribution in [0.2, 0.25) is 0 Å². The summed E-state index contributed by atoms with van der Waals surface area (Å²) in [4.78, 5) is 40.3. The number of carbonyl (C=O) groups excluding carboxylic acids is 3. The van der Waals surface area contributed by atoms with E-state index in [1.165, 1.54) is 36.4 Å². The van der Waals surface area contributed by atoms with Gasteiger partial charge in [-0.2, -0.15) is 13.2 Å². The zero-order valence-corrected chi connectivity index (χ0v) is 22.9. The highest BCUT2D eigenvalue weighted by Crippen LogP contribution is 2.29. The predicted octanol–water partition coefficient (Wildman–Crippen LogP) is -0.564. The Bertz CT molecular complexity index is 1220. The van der Waals surface area contributed by atoms with Gasteiger partial charge in [0.2, 0.25) is 17.7 Å². The first kappa shape index (κ1) is 33.0. The van der Waals surface area contributed by atoms with Gasteiger partial charge in [0.25, 0.3) is 0 Å². The van der Waals surface area contributed by atoms with Crippen molar-refractivity contribution in [3.63, 3.8) is 0 Å². The Morgan fingerprint density at radius 2 is 1.64 bits per heavy atom. The third-order valence-corrected chi connectivity index (χ3v) is 6.96. The summed E-state index contributed by atoms with van der Waals surface area (Å²) in [5, 5.41) is 24.0. The van der Waals surface area contributed by atoms with Crippen LogP contribution in [0.15, 0.2) is 48.5 Å². The Kier molecular flexibility index (Phi) is 11.5. The molecule has 10 N–H and O–H groups in total. The molecule has 4 atom stereocenters. The first-order valence-electron chi connectivity index (χ1n) is 13.5. The molecule has 2 aromatic rings. The van der Waals surface area contributed by atoms with Gasteiger partial charge in [-0.05, 0) is 61.0 Å². The molecule has 1 saturated heterocycles. The van der Waals surface area contributed by atoms with Crippen molar-refractivity contribution in [2.24, 2.45) is 17.2 Å². The molecule has 0 bridgehead atoms. The standard InChI is InChI=1S/C27H36BF3N6O5/c29-27(30,31)17-7-4-16(5-8-17)6-10-23(26(40)35-21-3-1-2-18(12-21)28(41)42)36-25(39)22(34)9-11-24(38)37-14-19(32)13-20(33)15-37/h1-5,7-8,12,19-20,22-23,41-42H,6,9-11,13-15,32-34H2,(H,35,40)(H,36,39). The third kappa shape index (κ3) is 9.81. The van der Waals surface area contributed by atoms with Crippen molar-refractivity contribution in [2.75, 3.05) is 18.4 Å². The lowest BCUT2D eigenvalue weighted by Gasteiger charge is -2.34. The lowest BCUT2D eigenvalue weighted by molar-refractivity contribution is -0.137. The fraction of sp³-hybridized carbons (Fsp3) is 0.444. The maximum Gasteiger partial charge on any atom is 0.488 e. The van der Waals surface area contributed by atoms with Gasteiger partial charge in [0.1, 0.15) is 6.04 Å². The number of anilines is 1. The largest absolute Gasteiger partial charge is 0.488 e. The minimum absolute atomic E-state index is 0.00464. The van der Waals surface area contributed by atoms with Crippen LogP contribution in [0.3, 0.4) is 0 Å². The normalized spacial score (nSPS) is 18.6. The van der Waals surface area contributed by atoms with E-state index in [-0.39, 0.29) is 54.8 Å². The summed E-state index contributed by atoms with van der Waals surface area (Å²) in [6.07, 6.45) is -3.76. The average Bonchev–Trinajstić information content (AvgIpc) is 2.92. The van der Waals surface area contributed by atoms with E-state index in [1.807, 2.05) is 0 Å². The number of nitrogens with zero attached hydrogens (tertiary/aromatic N) is 1. The zero-order chi connectivity index (χ0) is 31.0. The van der Waals surface area contributed by atoms with E-state index in [1.54, 1.807) is 4.90 Å². The van der Waals surface area contributed by atoms with Crippen molar-refractivity contribution < 1.29 is 37.6 Å². The average molecular weight is 592 g/mol. The van der Waals surface area contributed by atoms with E-state index < -0.39 is 42.8 Å². The number of rotatable bonds is 11. The van der Waals surface area contributed by atoms with Gasteiger partial charge in [0.05, 0.1) is 11.6 Å². The number of aryl methyl sites for hydroxylation is 1. The summed E-state index contributed by atoms with van der Waals surface area (Å²) in [7, 11) is -1.77. The van der Waals surface area contributed by atoms with Crippen LogP contribution in [0, 0.1) is 0 Å².